The third kappa shape index (κ3) is 2.77. The van der Waals surface area contributed by atoms with Gasteiger partial charge in [0, 0.05) is 25.2 Å². The summed E-state index contributed by atoms with van der Waals surface area (Å²) in [5, 5.41) is 29.5. The number of hydrogen-bond donors (Lipinski definition) is 1. The molecule has 1 aliphatic heterocycles. The highest BCUT2D eigenvalue weighted by molar-refractivity contribution is 5.34. The molecule has 0 unspecified atom stereocenters. The molecule has 0 saturated carbocycles. The molecule has 1 aromatic rings. The minimum atomic E-state index is -1.08. The summed E-state index contributed by atoms with van der Waals surface area (Å²) >= 11 is 0. The zero-order valence-electron chi connectivity index (χ0n) is 10.9. The molecule has 1 N–H and O–H groups in total. The summed E-state index contributed by atoms with van der Waals surface area (Å²) in [5.74, 6) is 0. The number of aliphatic hydroxyl groups is 1. The Morgan fingerprint density at radius 2 is 2.40 bits per heavy atom. The number of non-ortho nitro benzene ring substituents is 1. The Kier molecular flexibility index (Phi) is 4.29. The third-order valence-electron chi connectivity index (χ3n) is 3.42. The normalized spacial score (nSPS) is 23.2. The number of rotatable bonds is 4. The minimum Gasteiger partial charge on any atom is -0.393 e. The molecule has 2 rings (SSSR count). The lowest BCUT2D eigenvalue weighted by Gasteiger charge is -2.40. The predicted molar refractivity (Wildman–Crippen MR) is 69.8 cm³/mol. The van der Waals surface area contributed by atoms with Gasteiger partial charge >= 0.3 is 0 Å². The van der Waals surface area contributed by atoms with Gasteiger partial charge in [-0.25, -0.2) is 0 Å². The summed E-state index contributed by atoms with van der Waals surface area (Å²) in [6.07, 6.45) is 0. The van der Waals surface area contributed by atoms with E-state index in [0.29, 0.717) is 19.7 Å². The van der Waals surface area contributed by atoms with Crippen LogP contribution >= 0.6 is 0 Å². The SMILES string of the molecule is N#C[C@@]1(CO)COCCN1Cc1cccc([N+](=O)[O-])c1. The molecule has 1 atom stereocenters. The first-order valence-electron chi connectivity index (χ1n) is 6.19. The van der Waals surface area contributed by atoms with Gasteiger partial charge in [-0.1, -0.05) is 12.1 Å². The Balaban J connectivity index is 2.21. The maximum Gasteiger partial charge on any atom is 0.269 e. The van der Waals surface area contributed by atoms with Crippen molar-refractivity contribution in [3.63, 3.8) is 0 Å². The van der Waals surface area contributed by atoms with Crippen LogP contribution < -0.4 is 0 Å². The Bertz CT molecular complexity index is 543. The average Bonchev–Trinajstić information content (AvgIpc) is 2.48. The second kappa shape index (κ2) is 5.96. The molecule has 7 nitrogen and oxygen atoms in total. The quantitative estimate of drug-likeness (QED) is 0.641. The number of nitrogens with zero attached hydrogens (tertiary/aromatic N) is 3. The molecule has 1 aromatic carbocycles. The summed E-state index contributed by atoms with van der Waals surface area (Å²) in [6, 6.07) is 8.37. The van der Waals surface area contributed by atoms with E-state index < -0.39 is 10.5 Å². The van der Waals surface area contributed by atoms with Crippen LogP contribution in [0, 0.1) is 21.4 Å². The highest BCUT2D eigenvalue weighted by Gasteiger charge is 2.39. The first-order valence-corrected chi connectivity index (χ1v) is 6.19. The van der Waals surface area contributed by atoms with Crippen LogP contribution in [0.2, 0.25) is 0 Å². The molecule has 106 valence electrons. The van der Waals surface area contributed by atoms with Gasteiger partial charge in [-0.2, -0.15) is 5.26 Å². The van der Waals surface area contributed by atoms with Gasteiger partial charge in [0.05, 0.1) is 30.8 Å². The Hall–Kier alpha value is -2.01. The lowest BCUT2D eigenvalue weighted by molar-refractivity contribution is -0.384. The number of nitriles is 1. The lowest BCUT2D eigenvalue weighted by atomic mass is 9.99. The molecule has 1 aliphatic rings. The fourth-order valence-electron chi connectivity index (χ4n) is 2.22. The fraction of sp³-hybridized carbons (Fsp3) is 0.462. The van der Waals surface area contributed by atoms with E-state index in [1.165, 1.54) is 12.1 Å². The van der Waals surface area contributed by atoms with E-state index in [1.807, 2.05) is 0 Å². The second-order valence-electron chi connectivity index (χ2n) is 4.70. The molecule has 0 radical (unpaired) electrons. The Morgan fingerprint density at radius 1 is 1.60 bits per heavy atom. The van der Waals surface area contributed by atoms with Gasteiger partial charge in [0.1, 0.15) is 0 Å². The Labute approximate surface area is 116 Å². The summed E-state index contributed by atoms with van der Waals surface area (Å²) < 4.78 is 5.26. The van der Waals surface area contributed by atoms with E-state index in [4.69, 9.17) is 4.74 Å². The van der Waals surface area contributed by atoms with E-state index in [1.54, 1.807) is 17.0 Å². The molecular formula is C13H15N3O4. The van der Waals surface area contributed by atoms with Gasteiger partial charge in [0.2, 0.25) is 0 Å². The molecular weight excluding hydrogens is 262 g/mol. The van der Waals surface area contributed by atoms with Crippen molar-refractivity contribution < 1.29 is 14.8 Å². The third-order valence-corrected chi connectivity index (χ3v) is 3.42. The highest BCUT2D eigenvalue weighted by atomic mass is 16.6. The molecule has 1 heterocycles. The van der Waals surface area contributed by atoms with Crippen molar-refractivity contribution in [1.82, 2.24) is 4.90 Å². The van der Waals surface area contributed by atoms with E-state index in [2.05, 4.69) is 6.07 Å². The maximum absolute atomic E-state index is 10.8. The van der Waals surface area contributed by atoms with Gasteiger partial charge in [0.25, 0.3) is 5.69 Å². The van der Waals surface area contributed by atoms with Crippen molar-refractivity contribution >= 4 is 5.69 Å². The lowest BCUT2D eigenvalue weighted by Crippen LogP contribution is -2.57. The number of nitro groups is 1. The van der Waals surface area contributed by atoms with Crippen molar-refractivity contribution in [2.24, 2.45) is 0 Å². The van der Waals surface area contributed by atoms with E-state index in [9.17, 15) is 20.5 Å². The van der Waals surface area contributed by atoms with Crippen LogP contribution in [-0.2, 0) is 11.3 Å². The topological polar surface area (TPSA) is 99.6 Å². The summed E-state index contributed by atoms with van der Waals surface area (Å²) in [6.45, 7) is 1.13. The number of benzene rings is 1. The number of nitro benzene ring substituents is 1. The second-order valence-corrected chi connectivity index (χ2v) is 4.70. The van der Waals surface area contributed by atoms with Crippen molar-refractivity contribution in [2.45, 2.75) is 12.1 Å². The standard InChI is InChI=1S/C13H15N3O4/c14-8-13(9-17)10-20-5-4-15(13)7-11-2-1-3-12(6-11)16(18)19/h1-3,6,17H,4-5,7,9-10H2/t13-/m1/s1. The molecule has 7 heteroatoms. The van der Waals surface area contributed by atoms with Crippen molar-refractivity contribution in [3.05, 3.63) is 39.9 Å². The zero-order valence-corrected chi connectivity index (χ0v) is 10.9. The molecule has 1 saturated heterocycles. The smallest absolute Gasteiger partial charge is 0.269 e. The number of aliphatic hydroxyl groups excluding tert-OH is 1. The van der Waals surface area contributed by atoms with Crippen LogP contribution in [0.4, 0.5) is 5.69 Å². The van der Waals surface area contributed by atoms with Crippen LogP contribution in [0.3, 0.4) is 0 Å². The predicted octanol–water partition coefficient (Wildman–Crippen LogP) is 0.682. The van der Waals surface area contributed by atoms with Crippen molar-refractivity contribution in [1.29, 1.82) is 5.26 Å². The van der Waals surface area contributed by atoms with E-state index in [0.717, 1.165) is 5.56 Å². The van der Waals surface area contributed by atoms with Crippen LogP contribution in [0.5, 0.6) is 0 Å². The molecule has 0 amide bonds. The van der Waals surface area contributed by atoms with Gasteiger partial charge in [0.15, 0.2) is 5.54 Å². The first-order chi connectivity index (χ1) is 9.61. The number of hydrogen-bond acceptors (Lipinski definition) is 6. The van der Waals surface area contributed by atoms with Crippen molar-refractivity contribution in [3.8, 4) is 6.07 Å². The maximum atomic E-state index is 10.8. The van der Waals surface area contributed by atoms with Crippen LogP contribution in [0.1, 0.15) is 5.56 Å². The molecule has 0 bridgehead atoms. The van der Waals surface area contributed by atoms with Crippen LogP contribution in [0.25, 0.3) is 0 Å². The van der Waals surface area contributed by atoms with Gasteiger partial charge in [-0.15, -0.1) is 0 Å². The van der Waals surface area contributed by atoms with E-state index in [-0.39, 0.29) is 18.9 Å². The zero-order chi connectivity index (χ0) is 14.6. The fourth-order valence-corrected chi connectivity index (χ4v) is 2.22. The average molecular weight is 277 g/mol. The molecule has 0 aliphatic carbocycles. The van der Waals surface area contributed by atoms with Gasteiger partial charge in [-0.3, -0.25) is 15.0 Å². The molecule has 20 heavy (non-hydrogen) atoms. The summed E-state index contributed by atoms with van der Waals surface area (Å²) in [5.41, 5.74) is -0.334. The summed E-state index contributed by atoms with van der Waals surface area (Å²) in [7, 11) is 0. The summed E-state index contributed by atoms with van der Waals surface area (Å²) in [4.78, 5) is 12.1. The first kappa shape index (κ1) is 14.4. The minimum absolute atomic E-state index is 0.0160. The largest absolute Gasteiger partial charge is 0.393 e. The van der Waals surface area contributed by atoms with Crippen LogP contribution in [-0.4, -0.2) is 46.8 Å². The van der Waals surface area contributed by atoms with Crippen LogP contribution in [0.15, 0.2) is 24.3 Å². The monoisotopic (exact) mass is 277 g/mol. The van der Waals surface area contributed by atoms with Crippen molar-refractivity contribution in [2.75, 3.05) is 26.4 Å². The molecule has 1 fully saturated rings. The number of ether oxygens (including phenoxy) is 1. The molecule has 0 aromatic heterocycles. The van der Waals surface area contributed by atoms with Gasteiger partial charge in [-0.05, 0) is 5.56 Å². The van der Waals surface area contributed by atoms with E-state index >= 15 is 0 Å². The molecule has 0 spiro atoms. The number of morpholine rings is 1. The highest BCUT2D eigenvalue weighted by Crippen LogP contribution is 2.23. The Morgan fingerprint density at radius 3 is 3.05 bits per heavy atom. The van der Waals surface area contributed by atoms with Gasteiger partial charge < -0.3 is 9.84 Å².